The molecule has 0 heterocycles. The van der Waals surface area contributed by atoms with Gasteiger partial charge in [-0.25, -0.2) is 0 Å². The number of esters is 3. The first-order valence-corrected chi connectivity index (χ1v) is 27.7. The van der Waals surface area contributed by atoms with Crippen molar-refractivity contribution in [2.24, 2.45) is 0 Å². The van der Waals surface area contributed by atoms with Crippen LogP contribution in [-0.4, -0.2) is 37.2 Å². The highest BCUT2D eigenvalue weighted by Crippen LogP contribution is 2.17. The Bertz CT molecular complexity index is 962. The molecule has 0 saturated carbocycles. The van der Waals surface area contributed by atoms with Crippen molar-refractivity contribution >= 4 is 17.9 Å². The summed E-state index contributed by atoms with van der Waals surface area (Å²) in [5.41, 5.74) is 0. The van der Waals surface area contributed by atoms with E-state index >= 15 is 0 Å². The van der Waals surface area contributed by atoms with Gasteiger partial charge in [-0.1, -0.05) is 258 Å². The summed E-state index contributed by atoms with van der Waals surface area (Å²) in [6.07, 6.45) is 57.7. The topological polar surface area (TPSA) is 78.9 Å². The van der Waals surface area contributed by atoms with Gasteiger partial charge in [0, 0.05) is 19.3 Å². The van der Waals surface area contributed by atoms with Crippen molar-refractivity contribution in [2.75, 3.05) is 13.2 Å². The van der Waals surface area contributed by atoms with Gasteiger partial charge in [-0.15, -0.1) is 0 Å². The molecule has 0 aliphatic carbocycles. The van der Waals surface area contributed by atoms with E-state index in [1.807, 2.05) is 0 Å². The first-order valence-electron chi connectivity index (χ1n) is 27.7. The van der Waals surface area contributed by atoms with Crippen molar-refractivity contribution in [1.82, 2.24) is 0 Å². The zero-order valence-corrected chi connectivity index (χ0v) is 41.9. The molecule has 0 bridgehead atoms. The van der Waals surface area contributed by atoms with Gasteiger partial charge in [0.1, 0.15) is 13.2 Å². The average molecular weight is 875 g/mol. The van der Waals surface area contributed by atoms with E-state index < -0.39 is 6.10 Å². The van der Waals surface area contributed by atoms with Crippen molar-refractivity contribution < 1.29 is 28.6 Å². The van der Waals surface area contributed by atoms with Crippen LogP contribution in [0.4, 0.5) is 0 Å². The lowest BCUT2D eigenvalue weighted by Crippen LogP contribution is -2.30. The third kappa shape index (κ3) is 49.2. The lowest BCUT2D eigenvalue weighted by atomic mass is 10.0. The molecular weight excluding hydrogens is 769 g/mol. The Labute approximate surface area is 386 Å². The number of hydrogen-bond acceptors (Lipinski definition) is 6. The Morgan fingerprint density at radius 3 is 0.839 bits per heavy atom. The van der Waals surface area contributed by atoms with Crippen molar-refractivity contribution in [3.8, 4) is 0 Å². The van der Waals surface area contributed by atoms with E-state index in [4.69, 9.17) is 14.2 Å². The van der Waals surface area contributed by atoms with Crippen molar-refractivity contribution in [3.63, 3.8) is 0 Å². The van der Waals surface area contributed by atoms with Crippen molar-refractivity contribution in [2.45, 2.75) is 316 Å². The number of rotatable bonds is 51. The molecule has 1 atom stereocenters. The van der Waals surface area contributed by atoms with Gasteiger partial charge in [-0.2, -0.15) is 0 Å². The monoisotopic (exact) mass is 875 g/mol. The van der Waals surface area contributed by atoms with E-state index in [1.54, 1.807) is 0 Å². The van der Waals surface area contributed by atoms with E-state index in [1.165, 1.54) is 205 Å². The lowest BCUT2D eigenvalue weighted by Gasteiger charge is -2.18. The third-order valence-corrected chi connectivity index (χ3v) is 12.5. The summed E-state index contributed by atoms with van der Waals surface area (Å²) in [4.78, 5) is 38.0. The molecule has 62 heavy (non-hydrogen) atoms. The maximum Gasteiger partial charge on any atom is 0.306 e. The van der Waals surface area contributed by atoms with Gasteiger partial charge < -0.3 is 14.2 Å². The minimum absolute atomic E-state index is 0.0667. The Balaban J connectivity index is 4.30. The molecule has 0 saturated heterocycles. The van der Waals surface area contributed by atoms with Crippen LogP contribution in [0.1, 0.15) is 310 Å². The van der Waals surface area contributed by atoms with Gasteiger partial charge in [0.05, 0.1) is 0 Å². The molecule has 0 amide bonds. The fourth-order valence-corrected chi connectivity index (χ4v) is 8.32. The van der Waals surface area contributed by atoms with Gasteiger partial charge in [0.25, 0.3) is 0 Å². The number of carbonyl (C=O) groups excluding carboxylic acids is 3. The van der Waals surface area contributed by atoms with Crippen LogP contribution in [0, 0.1) is 0 Å². The second-order valence-electron chi connectivity index (χ2n) is 18.9. The number of carbonyl (C=O) groups is 3. The lowest BCUT2D eigenvalue weighted by molar-refractivity contribution is -0.167. The minimum Gasteiger partial charge on any atom is -0.462 e. The Kier molecular flexibility index (Phi) is 50.2. The molecule has 0 spiro atoms. The fraction of sp³-hybridized carbons (Fsp3) is 0.911. The summed E-state index contributed by atoms with van der Waals surface area (Å²) in [6.45, 7) is 6.66. The summed E-state index contributed by atoms with van der Waals surface area (Å²) in [7, 11) is 0. The summed E-state index contributed by atoms with van der Waals surface area (Å²) in [6, 6.07) is 0. The maximum atomic E-state index is 12.8. The zero-order chi connectivity index (χ0) is 45.1. The van der Waals surface area contributed by atoms with Crippen LogP contribution in [0.2, 0.25) is 0 Å². The van der Waals surface area contributed by atoms with Gasteiger partial charge in [-0.3, -0.25) is 14.4 Å². The highest BCUT2D eigenvalue weighted by Gasteiger charge is 2.19. The minimum atomic E-state index is -0.766. The first kappa shape index (κ1) is 60.2. The largest absolute Gasteiger partial charge is 0.462 e. The van der Waals surface area contributed by atoms with E-state index in [0.29, 0.717) is 19.3 Å². The van der Waals surface area contributed by atoms with Crippen molar-refractivity contribution in [1.29, 1.82) is 0 Å². The predicted octanol–water partition coefficient (Wildman–Crippen LogP) is 18.2. The molecule has 0 N–H and O–H groups in total. The van der Waals surface area contributed by atoms with Crippen LogP contribution in [-0.2, 0) is 28.6 Å². The summed E-state index contributed by atoms with van der Waals surface area (Å²) < 4.78 is 16.8. The molecule has 0 rings (SSSR count). The molecule has 0 aliphatic rings. The zero-order valence-electron chi connectivity index (χ0n) is 41.9. The van der Waals surface area contributed by atoms with E-state index in [2.05, 4.69) is 32.9 Å². The molecule has 6 nitrogen and oxygen atoms in total. The highest BCUT2D eigenvalue weighted by molar-refractivity contribution is 5.71. The van der Waals surface area contributed by atoms with Crippen LogP contribution < -0.4 is 0 Å². The van der Waals surface area contributed by atoms with E-state index in [-0.39, 0.29) is 31.1 Å². The highest BCUT2D eigenvalue weighted by atomic mass is 16.6. The molecule has 0 aromatic carbocycles. The molecule has 0 fully saturated rings. The Morgan fingerprint density at radius 1 is 0.306 bits per heavy atom. The third-order valence-electron chi connectivity index (χ3n) is 12.5. The van der Waals surface area contributed by atoms with Crippen LogP contribution in [0.5, 0.6) is 0 Å². The van der Waals surface area contributed by atoms with Crippen LogP contribution in [0.15, 0.2) is 12.2 Å². The standard InChI is InChI=1S/C56H106O6/c1-4-7-10-13-16-19-22-25-27-28-30-31-34-37-40-43-46-49-55(58)61-52-53(51-60-54(57)48-45-42-39-36-33-24-21-18-15-12-9-6-3)62-56(59)50-47-44-41-38-35-32-29-26-23-20-17-14-11-8-5-2/h18,21,53H,4-17,19-20,22-52H2,1-3H3/b21-18-. The molecular formula is C56H106O6. The average Bonchev–Trinajstić information content (AvgIpc) is 3.27. The molecule has 1 unspecified atom stereocenters. The van der Waals surface area contributed by atoms with Gasteiger partial charge >= 0.3 is 17.9 Å². The van der Waals surface area contributed by atoms with Crippen LogP contribution in [0.25, 0.3) is 0 Å². The number of ether oxygens (including phenoxy) is 3. The number of unbranched alkanes of at least 4 members (excludes halogenated alkanes) is 38. The first-order chi connectivity index (χ1) is 30.5. The maximum absolute atomic E-state index is 12.8. The smallest absolute Gasteiger partial charge is 0.306 e. The van der Waals surface area contributed by atoms with Crippen LogP contribution >= 0.6 is 0 Å². The molecule has 6 heteroatoms. The van der Waals surface area contributed by atoms with Crippen LogP contribution in [0.3, 0.4) is 0 Å². The summed E-state index contributed by atoms with van der Waals surface area (Å²) in [5, 5.41) is 0. The molecule has 0 aromatic rings. The van der Waals surface area contributed by atoms with E-state index in [9.17, 15) is 14.4 Å². The second kappa shape index (κ2) is 51.8. The Morgan fingerprint density at radius 2 is 0.532 bits per heavy atom. The second-order valence-corrected chi connectivity index (χ2v) is 18.9. The van der Waals surface area contributed by atoms with E-state index in [0.717, 1.165) is 64.2 Å². The number of allylic oxidation sites excluding steroid dienone is 2. The Hall–Kier alpha value is -1.85. The SMILES string of the molecule is CCCCC/C=C\CCCCCCCC(=O)OCC(COC(=O)CCCCCCCCCCCCCCCCCCC)OC(=O)CCCCCCCCCCCCCCCCC. The molecule has 366 valence electrons. The van der Waals surface area contributed by atoms with Gasteiger partial charge in [0.15, 0.2) is 6.10 Å². The normalized spacial score (nSPS) is 12.0. The molecule has 0 aromatic heterocycles. The number of hydrogen-bond donors (Lipinski definition) is 0. The quantitative estimate of drug-likeness (QED) is 0.0262. The molecule has 0 aliphatic heterocycles. The van der Waals surface area contributed by atoms with Gasteiger partial charge in [0.2, 0.25) is 0 Å². The summed E-state index contributed by atoms with van der Waals surface area (Å²) in [5.74, 6) is -0.855. The predicted molar refractivity (Wildman–Crippen MR) is 266 cm³/mol. The summed E-state index contributed by atoms with van der Waals surface area (Å²) >= 11 is 0. The van der Waals surface area contributed by atoms with Gasteiger partial charge in [-0.05, 0) is 44.9 Å². The van der Waals surface area contributed by atoms with Crippen molar-refractivity contribution in [3.05, 3.63) is 12.2 Å². The fourth-order valence-electron chi connectivity index (χ4n) is 8.32. The molecule has 0 radical (unpaired) electrons.